The van der Waals surface area contributed by atoms with Crippen LogP contribution in [0, 0.1) is 35.5 Å². The van der Waals surface area contributed by atoms with Crippen LogP contribution in [0.15, 0.2) is 65.2 Å². The average molecular weight is 1220 g/mol. The van der Waals surface area contributed by atoms with Gasteiger partial charge in [0.25, 0.3) is 11.7 Å². The van der Waals surface area contributed by atoms with Crippen molar-refractivity contribution in [3.8, 4) is 0 Å². The summed E-state index contributed by atoms with van der Waals surface area (Å²) in [7, 11) is 6.38. The number of hydrogen-bond acceptors (Lipinski definition) is 20. The van der Waals surface area contributed by atoms with E-state index in [1.54, 1.807) is 65.4 Å². The van der Waals surface area contributed by atoms with Crippen LogP contribution in [0.3, 0.4) is 0 Å². The van der Waals surface area contributed by atoms with Gasteiger partial charge < -0.3 is 63.9 Å². The molecule has 22 nitrogen and oxygen atoms in total. The number of piperidine rings is 1. The lowest BCUT2D eigenvalue weighted by Gasteiger charge is -2.43. The number of oxime groups is 1. The number of carboxylic acid groups (broad SMARTS) is 1. The Balaban J connectivity index is 1.27. The van der Waals surface area contributed by atoms with Gasteiger partial charge in [-0.05, 0) is 126 Å². The molecule has 6 rings (SSSR count). The van der Waals surface area contributed by atoms with Gasteiger partial charge in [-0.3, -0.25) is 24.1 Å². The predicted octanol–water partition coefficient (Wildman–Crippen LogP) is 5.97. The number of piperazine rings is 1. The Morgan fingerprint density at radius 1 is 0.851 bits per heavy atom. The van der Waals surface area contributed by atoms with Crippen LogP contribution in [0.5, 0.6) is 0 Å². The van der Waals surface area contributed by atoms with Crippen LogP contribution in [-0.2, 0) is 58.9 Å². The van der Waals surface area contributed by atoms with Crippen LogP contribution in [0.2, 0.25) is 0 Å². The second-order valence-corrected chi connectivity index (χ2v) is 25.4. The molecule has 4 aliphatic heterocycles. The van der Waals surface area contributed by atoms with E-state index in [0.29, 0.717) is 101 Å². The SMILES string of the molecule is CO[C@H]1C[C@@H]2CC[C@@H](C)[C@@](O)(O2)C(=O)C(=O)N2CCCC[C@H]2C(=O)O[C@H]([C@H](C)C[C@@H]2CC[C@@H](O)[C@H](OC)C2)C[C@@H](O)[C@H](C)/C=C(\C)[C@@H](O)[C@@H](OC)C(=NOCC(=O)CCc2cnc(N3CCN(C)[C@@H](C(=O)O)C3)nc2)[C@H](C)C[C@H](C)/C=C/C=C/C=C/1C. The molecule has 486 valence electrons. The van der Waals surface area contributed by atoms with E-state index in [0.717, 1.165) is 11.1 Å². The molecule has 3 saturated heterocycles. The Bertz CT molecular complexity index is 2600. The van der Waals surface area contributed by atoms with Gasteiger partial charge in [0.15, 0.2) is 12.4 Å². The largest absolute Gasteiger partial charge is 0.480 e. The summed E-state index contributed by atoms with van der Waals surface area (Å²) in [6, 6.07) is -1.83. The first kappa shape index (κ1) is 70.8. The van der Waals surface area contributed by atoms with Crippen molar-refractivity contribution in [1.29, 1.82) is 0 Å². The van der Waals surface area contributed by atoms with E-state index in [4.69, 9.17) is 28.5 Å². The maximum Gasteiger partial charge on any atom is 0.329 e. The third-order valence-corrected chi connectivity index (χ3v) is 18.7. The number of carbonyl (C=O) groups excluding carboxylic acids is 4. The van der Waals surface area contributed by atoms with Crippen molar-refractivity contribution < 1.29 is 78.0 Å². The number of cyclic esters (lactones) is 1. The number of aryl methyl sites for hydroxylation is 1. The summed E-state index contributed by atoms with van der Waals surface area (Å²) in [5, 5.41) is 61.2. The number of aliphatic carboxylic acids is 1. The summed E-state index contributed by atoms with van der Waals surface area (Å²) in [6.45, 7) is 14.1. The number of methoxy groups -OCH3 is 3. The van der Waals surface area contributed by atoms with Gasteiger partial charge in [-0.1, -0.05) is 76.2 Å². The zero-order chi connectivity index (χ0) is 63.7. The zero-order valence-corrected chi connectivity index (χ0v) is 53.2. The number of likely N-dealkylation sites (N-methyl/N-ethyl adjacent to an activating group) is 1. The molecule has 5 heterocycles. The number of allylic oxidation sites excluding steroid dienone is 5. The molecule has 1 aliphatic carbocycles. The lowest BCUT2D eigenvalue weighted by atomic mass is 9.78. The summed E-state index contributed by atoms with van der Waals surface area (Å²) in [4.78, 5) is 88.2. The molecule has 2 bridgehead atoms. The van der Waals surface area contributed by atoms with Crippen molar-refractivity contribution >= 4 is 41.1 Å². The highest BCUT2D eigenvalue weighted by atomic mass is 16.6. The minimum Gasteiger partial charge on any atom is -0.480 e. The molecule has 1 amide bonds. The molecule has 1 saturated carbocycles. The molecule has 1 aromatic heterocycles. The Kier molecular flexibility index (Phi) is 27.3. The number of nitrogens with zero attached hydrogens (tertiary/aromatic N) is 6. The van der Waals surface area contributed by atoms with E-state index in [-0.39, 0.29) is 74.5 Å². The quantitative estimate of drug-likeness (QED) is 0.0620. The number of anilines is 1. The zero-order valence-electron chi connectivity index (χ0n) is 53.2. The standard InChI is InChI=1S/C65H100N6O16/c1-39-17-13-12-14-18-40(2)54(82-9)33-49-24-20-45(7)65(81,87-49)60(76)61(77)71-26-16-15-19-50(71)63(80)86-55(42(4)31-46-22-25-52(73)56(32-46)83-10)34-53(74)41(3)30-44(6)58(75)59(84-11)57(43(5)29-39)68-85-38-48(72)23-21-47-35-66-64(67-36-47)70-28-27-69(8)51(37-70)62(78)79/h12-14,17-18,30,35-36,39,41-43,45-46,49-56,58-59,73-75,81H,15-16,19-29,31-34,37-38H2,1-11H3,(H,78,79)/b14-12+,17-13+,40-18+,44-30+,68-57?/t39-,41-,42-,43-,45-,46+,49+,50+,51-,52-,53-,54+,55+,56-,58-,59+,65-/m1/s1. The van der Waals surface area contributed by atoms with Crippen molar-refractivity contribution in [2.24, 2.45) is 40.7 Å². The van der Waals surface area contributed by atoms with Crippen molar-refractivity contribution in [3.63, 3.8) is 0 Å². The summed E-state index contributed by atoms with van der Waals surface area (Å²) in [6.07, 6.45) is 14.1. The average Bonchev–Trinajstić information content (AvgIpc) is 0.998. The van der Waals surface area contributed by atoms with Crippen LogP contribution < -0.4 is 4.90 Å². The Morgan fingerprint density at radius 2 is 1.59 bits per heavy atom. The minimum atomic E-state index is -2.45. The van der Waals surface area contributed by atoms with Gasteiger partial charge in [-0.15, -0.1) is 0 Å². The van der Waals surface area contributed by atoms with Crippen LogP contribution in [-0.4, -0.2) is 208 Å². The number of ether oxygens (including phenoxy) is 5. The van der Waals surface area contributed by atoms with Crippen LogP contribution in [0.25, 0.3) is 0 Å². The highest BCUT2D eigenvalue weighted by Gasteiger charge is 2.53. The first-order valence-corrected chi connectivity index (χ1v) is 31.4. The molecule has 87 heavy (non-hydrogen) atoms. The third kappa shape index (κ3) is 19.4. The molecule has 5 aliphatic rings. The number of carboxylic acids is 1. The van der Waals surface area contributed by atoms with E-state index in [9.17, 15) is 49.5 Å². The lowest BCUT2D eigenvalue weighted by molar-refractivity contribution is -0.265. The smallest absolute Gasteiger partial charge is 0.329 e. The second kappa shape index (κ2) is 33.5. The van der Waals surface area contributed by atoms with Gasteiger partial charge >= 0.3 is 11.9 Å². The van der Waals surface area contributed by atoms with Gasteiger partial charge in [0.05, 0.1) is 36.2 Å². The van der Waals surface area contributed by atoms with Crippen molar-refractivity contribution in [1.82, 2.24) is 19.8 Å². The van der Waals surface area contributed by atoms with Gasteiger partial charge in [-0.2, -0.15) is 0 Å². The highest BCUT2D eigenvalue weighted by molar-refractivity contribution is 6.39. The Hall–Kier alpha value is -5.30. The molecule has 0 spiro atoms. The summed E-state index contributed by atoms with van der Waals surface area (Å²) in [5.74, 6) is -8.03. The third-order valence-electron chi connectivity index (χ3n) is 18.7. The fourth-order valence-corrected chi connectivity index (χ4v) is 12.9. The number of Topliss-reactive ketones (excluding diaryl/α,β-unsaturated/α-hetero) is 2. The molecule has 0 radical (unpaired) electrons. The number of fused-ring (bicyclic) bond motifs is 3. The van der Waals surface area contributed by atoms with Crippen LogP contribution in [0.4, 0.5) is 5.95 Å². The van der Waals surface area contributed by atoms with Gasteiger partial charge in [-0.25, -0.2) is 14.8 Å². The fourth-order valence-electron chi connectivity index (χ4n) is 12.9. The topological polar surface area (TPSA) is 290 Å². The first-order chi connectivity index (χ1) is 41.4. The summed E-state index contributed by atoms with van der Waals surface area (Å²) < 4.78 is 30.2. The number of amides is 1. The number of rotatable bonds is 14. The number of hydrogen-bond donors (Lipinski definition) is 5. The number of esters is 1. The van der Waals surface area contributed by atoms with E-state index >= 15 is 0 Å². The number of carbonyl (C=O) groups is 5. The molecule has 0 aromatic carbocycles. The molecule has 22 heteroatoms. The number of aliphatic hydroxyl groups excluding tert-OH is 3. The molecule has 0 unspecified atom stereocenters. The monoisotopic (exact) mass is 1220 g/mol. The van der Waals surface area contributed by atoms with E-state index in [1.165, 1.54) is 12.0 Å². The van der Waals surface area contributed by atoms with Crippen molar-refractivity contribution in [2.75, 3.05) is 66.1 Å². The Labute approximate surface area is 514 Å². The maximum absolute atomic E-state index is 14.7. The normalized spacial score (nSPS) is 36.5. The molecular weight excluding hydrogens is 1120 g/mol. The van der Waals surface area contributed by atoms with E-state index in [1.807, 2.05) is 63.0 Å². The van der Waals surface area contributed by atoms with E-state index < -0.39 is 96.1 Å². The van der Waals surface area contributed by atoms with Gasteiger partial charge in [0.2, 0.25) is 11.7 Å². The minimum absolute atomic E-state index is 0.0234. The van der Waals surface area contributed by atoms with Crippen molar-refractivity contribution in [2.45, 2.75) is 205 Å². The number of aromatic nitrogens is 2. The van der Waals surface area contributed by atoms with E-state index in [2.05, 4.69) is 15.1 Å². The molecule has 1 aromatic rings. The summed E-state index contributed by atoms with van der Waals surface area (Å²) >= 11 is 0. The van der Waals surface area contributed by atoms with Gasteiger partial charge in [0, 0.05) is 96.9 Å². The second-order valence-electron chi connectivity index (χ2n) is 25.4. The molecule has 4 fully saturated rings. The predicted molar refractivity (Wildman–Crippen MR) is 326 cm³/mol. The maximum atomic E-state index is 14.7. The number of aliphatic hydroxyl groups is 4. The molecule has 5 N–H and O–H groups in total. The lowest BCUT2D eigenvalue weighted by Crippen LogP contribution is -2.61. The molecular formula is C65H100N6O16. The van der Waals surface area contributed by atoms with Crippen LogP contribution in [0.1, 0.15) is 138 Å². The number of ketones is 2. The van der Waals surface area contributed by atoms with Gasteiger partial charge in [0.1, 0.15) is 30.4 Å². The van der Waals surface area contributed by atoms with Crippen molar-refractivity contribution in [3.05, 3.63) is 65.6 Å². The van der Waals surface area contributed by atoms with Crippen LogP contribution >= 0.6 is 0 Å². The molecule has 17 atom stereocenters. The highest BCUT2D eigenvalue weighted by Crippen LogP contribution is 2.38. The summed E-state index contributed by atoms with van der Waals surface area (Å²) in [5.41, 5.74) is 2.39. The Morgan fingerprint density at radius 3 is 2.28 bits per heavy atom. The fraction of sp³-hybridized carbons (Fsp3) is 0.723. The first-order valence-electron chi connectivity index (χ1n) is 31.4.